The highest BCUT2D eigenvalue weighted by Crippen LogP contribution is 2.23. The van der Waals surface area contributed by atoms with E-state index in [0.29, 0.717) is 12.5 Å². The largest absolute Gasteiger partial charge is 0.490 e. The van der Waals surface area contributed by atoms with Gasteiger partial charge in [0.15, 0.2) is 5.96 Å². The zero-order valence-corrected chi connectivity index (χ0v) is 20.4. The van der Waals surface area contributed by atoms with Crippen molar-refractivity contribution in [3.63, 3.8) is 0 Å². The van der Waals surface area contributed by atoms with E-state index in [0.717, 1.165) is 61.3 Å². The lowest BCUT2D eigenvalue weighted by Gasteiger charge is -2.20. The Balaban J connectivity index is 1.53. The summed E-state index contributed by atoms with van der Waals surface area (Å²) in [5.41, 5.74) is 2.34. The van der Waals surface area contributed by atoms with Gasteiger partial charge < -0.3 is 19.9 Å². The SMILES string of the molecule is CN=C(NCCc1nnc2n1CCCCC2)NCc1ccc(C)cc1OC(C)CC(C)C. The molecular weight excluding hydrogens is 400 g/mol. The summed E-state index contributed by atoms with van der Waals surface area (Å²) in [5.74, 6) is 4.55. The van der Waals surface area contributed by atoms with Crippen molar-refractivity contribution in [2.45, 2.75) is 85.4 Å². The lowest BCUT2D eigenvalue weighted by molar-refractivity contribution is 0.191. The highest BCUT2D eigenvalue weighted by Gasteiger charge is 2.15. The van der Waals surface area contributed by atoms with Gasteiger partial charge in [-0.3, -0.25) is 4.99 Å². The molecule has 1 aromatic heterocycles. The second-order valence-electron chi connectivity index (χ2n) is 9.27. The van der Waals surface area contributed by atoms with Gasteiger partial charge in [-0.05, 0) is 50.7 Å². The van der Waals surface area contributed by atoms with Gasteiger partial charge in [-0.1, -0.05) is 32.4 Å². The van der Waals surface area contributed by atoms with Crippen molar-refractivity contribution in [1.82, 2.24) is 25.4 Å². The summed E-state index contributed by atoms with van der Waals surface area (Å²) in [4.78, 5) is 4.38. The van der Waals surface area contributed by atoms with Crippen LogP contribution >= 0.6 is 0 Å². The van der Waals surface area contributed by atoms with E-state index < -0.39 is 0 Å². The number of rotatable bonds is 9. The molecule has 1 aromatic carbocycles. The number of guanidine groups is 1. The molecule has 0 fully saturated rings. The third-order valence-corrected chi connectivity index (χ3v) is 5.85. The van der Waals surface area contributed by atoms with E-state index in [1.54, 1.807) is 7.05 Å². The fourth-order valence-corrected chi connectivity index (χ4v) is 4.27. The molecule has 3 rings (SSSR count). The first-order chi connectivity index (χ1) is 15.5. The van der Waals surface area contributed by atoms with Crippen LogP contribution in [-0.4, -0.2) is 40.4 Å². The molecule has 32 heavy (non-hydrogen) atoms. The lowest BCUT2D eigenvalue weighted by atomic mass is 10.1. The third-order valence-electron chi connectivity index (χ3n) is 5.85. The van der Waals surface area contributed by atoms with Crippen LogP contribution in [0.3, 0.4) is 0 Å². The van der Waals surface area contributed by atoms with E-state index in [2.05, 4.69) is 76.3 Å². The maximum Gasteiger partial charge on any atom is 0.191 e. The van der Waals surface area contributed by atoms with Gasteiger partial charge in [0.05, 0.1) is 6.10 Å². The smallest absolute Gasteiger partial charge is 0.191 e. The number of ether oxygens (including phenoxy) is 1. The Morgan fingerprint density at radius 2 is 2.00 bits per heavy atom. The Morgan fingerprint density at radius 3 is 2.78 bits per heavy atom. The zero-order valence-electron chi connectivity index (χ0n) is 20.4. The van der Waals surface area contributed by atoms with E-state index in [-0.39, 0.29) is 6.10 Å². The normalized spacial score (nSPS) is 15.2. The van der Waals surface area contributed by atoms with Crippen molar-refractivity contribution in [1.29, 1.82) is 0 Å². The van der Waals surface area contributed by atoms with Crippen molar-refractivity contribution in [3.8, 4) is 5.75 Å². The molecule has 0 spiro atoms. The van der Waals surface area contributed by atoms with Gasteiger partial charge in [0.2, 0.25) is 0 Å². The summed E-state index contributed by atoms with van der Waals surface area (Å²) in [6.45, 7) is 11.2. The van der Waals surface area contributed by atoms with Gasteiger partial charge in [-0.15, -0.1) is 10.2 Å². The Labute approximate surface area is 193 Å². The number of benzene rings is 1. The molecule has 1 unspecified atom stereocenters. The number of hydrogen-bond acceptors (Lipinski definition) is 4. The number of aliphatic imine (C=N–C) groups is 1. The molecule has 2 heterocycles. The molecule has 7 heteroatoms. The number of nitrogens with one attached hydrogen (secondary N) is 2. The molecule has 1 aliphatic heterocycles. The van der Waals surface area contributed by atoms with E-state index >= 15 is 0 Å². The van der Waals surface area contributed by atoms with Crippen molar-refractivity contribution in [2.24, 2.45) is 10.9 Å². The summed E-state index contributed by atoms with van der Waals surface area (Å²) >= 11 is 0. The third kappa shape index (κ3) is 6.97. The highest BCUT2D eigenvalue weighted by atomic mass is 16.5. The molecule has 0 saturated heterocycles. The van der Waals surface area contributed by atoms with E-state index in [1.807, 2.05) is 0 Å². The molecule has 176 valence electrons. The number of aryl methyl sites for hydroxylation is 2. The second kappa shape index (κ2) is 11.9. The van der Waals surface area contributed by atoms with Crippen LogP contribution < -0.4 is 15.4 Å². The molecule has 2 aromatic rings. The van der Waals surface area contributed by atoms with Crippen LogP contribution in [0.4, 0.5) is 0 Å². The fourth-order valence-electron chi connectivity index (χ4n) is 4.27. The Bertz CT molecular complexity index is 889. The standard InChI is InChI=1S/C25H40N6O/c1-18(2)15-20(4)32-22-16-19(3)10-11-21(22)17-28-25(26-5)27-13-12-24-30-29-23-9-7-6-8-14-31(23)24/h10-11,16,18,20H,6-9,12-15,17H2,1-5H3,(H2,26,27,28). The van der Waals surface area contributed by atoms with Crippen LogP contribution in [-0.2, 0) is 25.9 Å². The van der Waals surface area contributed by atoms with Gasteiger partial charge >= 0.3 is 0 Å². The summed E-state index contributed by atoms with van der Waals surface area (Å²) in [5, 5.41) is 15.7. The van der Waals surface area contributed by atoms with Crippen LogP contribution in [0.15, 0.2) is 23.2 Å². The average Bonchev–Trinajstić information content (AvgIpc) is 2.97. The van der Waals surface area contributed by atoms with Gasteiger partial charge in [-0.2, -0.15) is 0 Å². The minimum absolute atomic E-state index is 0.186. The summed E-state index contributed by atoms with van der Waals surface area (Å²) in [6, 6.07) is 6.39. The fraction of sp³-hybridized carbons (Fsp3) is 0.640. The number of hydrogen-bond donors (Lipinski definition) is 2. The van der Waals surface area contributed by atoms with Gasteiger partial charge in [0.25, 0.3) is 0 Å². The average molecular weight is 441 g/mol. The number of aromatic nitrogens is 3. The van der Waals surface area contributed by atoms with Gasteiger partial charge in [-0.25, -0.2) is 0 Å². The van der Waals surface area contributed by atoms with Crippen molar-refractivity contribution in [2.75, 3.05) is 13.6 Å². The molecule has 0 bridgehead atoms. The molecule has 1 atom stereocenters. The van der Waals surface area contributed by atoms with Crippen LogP contribution in [0.5, 0.6) is 5.75 Å². The summed E-state index contributed by atoms with van der Waals surface area (Å²) in [7, 11) is 1.80. The molecule has 2 N–H and O–H groups in total. The maximum absolute atomic E-state index is 6.28. The van der Waals surface area contributed by atoms with Crippen molar-refractivity contribution >= 4 is 5.96 Å². The Hall–Kier alpha value is -2.57. The molecule has 0 saturated carbocycles. The molecule has 1 aliphatic rings. The van der Waals surface area contributed by atoms with Crippen LogP contribution in [0.2, 0.25) is 0 Å². The van der Waals surface area contributed by atoms with Crippen LogP contribution in [0.25, 0.3) is 0 Å². The molecular formula is C25H40N6O. The lowest BCUT2D eigenvalue weighted by Crippen LogP contribution is -2.38. The number of fused-ring (bicyclic) bond motifs is 1. The summed E-state index contributed by atoms with van der Waals surface area (Å²) < 4.78 is 8.58. The maximum atomic E-state index is 6.28. The molecule has 7 nitrogen and oxygen atoms in total. The van der Waals surface area contributed by atoms with E-state index in [1.165, 1.54) is 24.8 Å². The predicted octanol–water partition coefficient (Wildman–Crippen LogP) is 4.03. The van der Waals surface area contributed by atoms with Crippen molar-refractivity contribution < 1.29 is 4.74 Å². The monoisotopic (exact) mass is 440 g/mol. The Morgan fingerprint density at radius 1 is 1.16 bits per heavy atom. The quantitative estimate of drug-likeness (QED) is 0.455. The highest BCUT2D eigenvalue weighted by molar-refractivity contribution is 5.79. The summed E-state index contributed by atoms with van der Waals surface area (Å²) in [6.07, 6.45) is 6.81. The van der Waals surface area contributed by atoms with Crippen LogP contribution in [0.1, 0.15) is 69.2 Å². The van der Waals surface area contributed by atoms with E-state index in [9.17, 15) is 0 Å². The van der Waals surface area contributed by atoms with Gasteiger partial charge in [0.1, 0.15) is 17.4 Å². The number of nitrogens with zero attached hydrogens (tertiary/aromatic N) is 4. The van der Waals surface area contributed by atoms with Gasteiger partial charge in [0, 0.05) is 45.1 Å². The molecule has 0 aliphatic carbocycles. The molecule has 0 radical (unpaired) electrons. The second-order valence-corrected chi connectivity index (χ2v) is 9.27. The van der Waals surface area contributed by atoms with E-state index in [4.69, 9.17) is 4.74 Å². The minimum atomic E-state index is 0.186. The predicted molar refractivity (Wildman–Crippen MR) is 130 cm³/mol. The topological polar surface area (TPSA) is 76.4 Å². The first-order valence-electron chi connectivity index (χ1n) is 12.1. The van der Waals surface area contributed by atoms with Crippen LogP contribution in [0, 0.1) is 12.8 Å². The molecule has 0 amide bonds. The van der Waals surface area contributed by atoms with Crippen molar-refractivity contribution in [3.05, 3.63) is 41.0 Å². The Kier molecular flexibility index (Phi) is 8.94. The first-order valence-corrected chi connectivity index (χ1v) is 12.1. The zero-order chi connectivity index (χ0) is 22.9. The first kappa shape index (κ1) is 24.1. The minimum Gasteiger partial charge on any atom is -0.490 e.